The molecule has 0 bridgehead atoms. The predicted molar refractivity (Wildman–Crippen MR) is 167 cm³/mol. The van der Waals surface area contributed by atoms with Crippen molar-refractivity contribution < 1.29 is 19.4 Å². The van der Waals surface area contributed by atoms with Gasteiger partial charge in [0, 0.05) is 29.3 Å². The maximum Gasteiger partial charge on any atom is 0.251 e. The van der Waals surface area contributed by atoms with Crippen LogP contribution in [0.5, 0.6) is 0 Å². The lowest BCUT2D eigenvalue weighted by molar-refractivity contribution is -0.268. The lowest BCUT2D eigenvalue weighted by atomic mass is 9.91. The van der Waals surface area contributed by atoms with E-state index >= 15 is 0 Å². The van der Waals surface area contributed by atoms with Gasteiger partial charge >= 0.3 is 0 Å². The zero-order valence-corrected chi connectivity index (χ0v) is 25.0. The van der Waals surface area contributed by atoms with E-state index in [9.17, 15) is 9.90 Å². The number of tetrazole rings is 1. The van der Waals surface area contributed by atoms with Crippen LogP contribution in [-0.2, 0) is 22.6 Å². The highest BCUT2D eigenvalue weighted by Gasteiger charge is 2.38. The minimum atomic E-state index is -0.600. The van der Waals surface area contributed by atoms with Crippen LogP contribution in [-0.4, -0.2) is 43.1 Å². The number of para-hydroxylation sites is 1. The number of amides is 1. The highest BCUT2D eigenvalue weighted by atomic mass is 32.2. The second-order valence-electron chi connectivity index (χ2n) is 10.6. The number of carbonyl (C=O) groups excluding carboxylic acids is 1. The summed E-state index contributed by atoms with van der Waals surface area (Å²) in [6, 6.07) is 34.7. The number of aliphatic hydroxyl groups is 1. The molecule has 224 valence electrons. The topological polar surface area (TPSA) is 111 Å². The maximum absolute atomic E-state index is 12.5. The number of carbonyl (C=O) groups is 1. The van der Waals surface area contributed by atoms with Crippen LogP contribution >= 0.6 is 11.8 Å². The average Bonchev–Trinajstić information content (AvgIpc) is 3.56. The van der Waals surface area contributed by atoms with Crippen LogP contribution in [0.2, 0.25) is 0 Å². The summed E-state index contributed by atoms with van der Waals surface area (Å²) < 4.78 is 14.9. The van der Waals surface area contributed by atoms with Crippen molar-refractivity contribution in [1.29, 1.82) is 0 Å². The van der Waals surface area contributed by atoms with Gasteiger partial charge in [0.2, 0.25) is 5.16 Å². The van der Waals surface area contributed by atoms with Gasteiger partial charge in [0.15, 0.2) is 6.29 Å². The van der Waals surface area contributed by atoms with Gasteiger partial charge in [0.1, 0.15) is 0 Å². The third-order valence-electron chi connectivity index (χ3n) is 7.68. The Balaban J connectivity index is 1.18. The molecule has 0 aliphatic carbocycles. The third-order valence-corrected chi connectivity index (χ3v) is 8.69. The lowest BCUT2D eigenvalue weighted by Crippen LogP contribution is -2.38. The number of benzene rings is 4. The van der Waals surface area contributed by atoms with Crippen LogP contribution in [0.15, 0.2) is 114 Å². The summed E-state index contributed by atoms with van der Waals surface area (Å²) in [4.78, 5) is 12.5. The summed E-state index contributed by atoms with van der Waals surface area (Å²) in [6.07, 6.45) is -1.01. The van der Waals surface area contributed by atoms with Gasteiger partial charge in [-0.25, -0.2) is 0 Å². The Morgan fingerprint density at radius 2 is 1.52 bits per heavy atom. The quantitative estimate of drug-likeness (QED) is 0.196. The first kappa shape index (κ1) is 29.7. The van der Waals surface area contributed by atoms with E-state index in [1.54, 1.807) is 28.6 Å². The number of thioether (sulfide) groups is 1. The molecule has 1 saturated heterocycles. The Hall–Kier alpha value is -4.35. The first-order chi connectivity index (χ1) is 21.6. The summed E-state index contributed by atoms with van der Waals surface area (Å²) in [7, 11) is 0. The predicted octanol–water partition coefficient (Wildman–Crippen LogP) is 5.67. The molecule has 2 heterocycles. The van der Waals surface area contributed by atoms with E-state index in [2.05, 4.69) is 27.8 Å². The van der Waals surface area contributed by atoms with E-state index in [1.165, 1.54) is 0 Å². The van der Waals surface area contributed by atoms with E-state index in [-0.39, 0.29) is 30.6 Å². The molecule has 1 aliphatic heterocycles. The molecule has 6 rings (SSSR count). The number of hydrogen-bond donors (Lipinski definition) is 2. The summed E-state index contributed by atoms with van der Waals surface area (Å²) in [5.41, 5.74) is 5.24. The van der Waals surface area contributed by atoms with E-state index < -0.39 is 6.29 Å². The Labute approximate surface area is 260 Å². The van der Waals surface area contributed by atoms with Crippen molar-refractivity contribution >= 4 is 17.7 Å². The van der Waals surface area contributed by atoms with Crippen molar-refractivity contribution in [3.8, 4) is 5.69 Å². The average molecular weight is 608 g/mol. The Morgan fingerprint density at radius 1 is 0.864 bits per heavy atom. The highest BCUT2D eigenvalue weighted by molar-refractivity contribution is 7.99. The molecule has 4 aromatic carbocycles. The van der Waals surface area contributed by atoms with Crippen LogP contribution in [0.25, 0.3) is 5.69 Å². The number of nitrogens with zero attached hydrogens (tertiary/aromatic N) is 4. The molecule has 2 N–H and O–H groups in total. The van der Waals surface area contributed by atoms with Crippen molar-refractivity contribution in [3.05, 3.63) is 137 Å². The summed E-state index contributed by atoms with van der Waals surface area (Å²) in [6.45, 7) is 2.53. The fourth-order valence-corrected chi connectivity index (χ4v) is 6.19. The molecular formula is C34H33N5O4S. The Morgan fingerprint density at radius 3 is 2.23 bits per heavy atom. The van der Waals surface area contributed by atoms with Crippen molar-refractivity contribution in [2.24, 2.45) is 5.92 Å². The lowest BCUT2D eigenvalue weighted by Gasteiger charge is -2.41. The molecule has 44 heavy (non-hydrogen) atoms. The molecule has 0 unspecified atom stereocenters. The second kappa shape index (κ2) is 14.0. The zero-order valence-electron chi connectivity index (χ0n) is 24.2. The van der Waals surface area contributed by atoms with Gasteiger partial charge in [-0.15, -0.1) is 5.10 Å². The number of ether oxygens (including phenoxy) is 2. The molecule has 0 spiro atoms. The first-order valence-corrected chi connectivity index (χ1v) is 15.5. The SMILES string of the molecule is C[C@H]1[C@@H](CSc2nnnn2-c2ccccc2)O[C@@H](c2ccc(CNC(=O)c3ccccc3)cc2)O[C@H]1c1ccc(CO)cc1. The summed E-state index contributed by atoms with van der Waals surface area (Å²) in [5, 5.41) is 25.5. The standard InChI is InChI=1S/C34H33N5O4S/c1-23-30(22-44-34-36-37-38-39(34)29-10-6-3-7-11-29)42-33(43-31(23)26-16-14-25(21-40)15-17-26)28-18-12-24(13-19-28)20-35-32(41)27-8-4-2-5-9-27/h2-19,23,30-31,33,40H,20-22H2,1H3,(H,35,41)/t23-,30+,31+,33+/m0/s1. The zero-order chi connectivity index (χ0) is 30.3. The molecule has 4 atom stereocenters. The van der Waals surface area contributed by atoms with E-state index in [0.717, 1.165) is 27.9 Å². The van der Waals surface area contributed by atoms with Gasteiger partial charge in [0.25, 0.3) is 5.91 Å². The van der Waals surface area contributed by atoms with Crippen molar-refractivity contribution in [1.82, 2.24) is 25.5 Å². The molecule has 0 radical (unpaired) electrons. The number of nitrogens with one attached hydrogen (secondary N) is 1. The van der Waals surface area contributed by atoms with E-state index in [1.807, 2.05) is 97.1 Å². The van der Waals surface area contributed by atoms with Gasteiger partial charge in [-0.05, 0) is 51.4 Å². The van der Waals surface area contributed by atoms with Crippen LogP contribution < -0.4 is 5.32 Å². The van der Waals surface area contributed by atoms with Crippen molar-refractivity contribution in [2.45, 2.75) is 43.7 Å². The van der Waals surface area contributed by atoms with Gasteiger partial charge < -0.3 is 19.9 Å². The molecule has 1 aliphatic rings. The largest absolute Gasteiger partial charge is 0.392 e. The van der Waals surface area contributed by atoms with Gasteiger partial charge in [0.05, 0.1) is 24.5 Å². The molecular weight excluding hydrogens is 574 g/mol. The number of aliphatic hydroxyl groups excluding tert-OH is 1. The van der Waals surface area contributed by atoms with Gasteiger partial charge in [-0.3, -0.25) is 4.79 Å². The fraction of sp³-hybridized carbons (Fsp3) is 0.235. The first-order valence-electron chi connectivity index (χ1n) is 14.5. The van der Waals surface area contributed by atoms with Gasteiger partial charge in [-0.2, -0.15) is 4.68 Å². The highest BCUT2D eigenvalue weighted by Crippen LogP contribution is 2.43. The smallest absolute Gasteiger partial charge is 0.251 e. The summed E-state index contributed by atoms with van der Waals surface area (Å²) >= 11 is 1.54. The molecule has 0 saturated carbocycles. The van der Waals surface area contributed by atoms with Crippen LogP contribution in [0, 0.1) is 5.92 Å². The van der Waals surface area contributed by atoms with Gasteiger partial charge in [-0.1, -0.05) is 104 Å². The number of aromatic nitrogens is 4. The molecule has 9 nitrogen and oxygen atoms in total. The number of hydrogen-bond acceptors (Lipinski definition) is 8. The van der Waals surface area contributed by atoms with Crippen molar-refractivity contribution in [2.75, 3.05) is 5.75 Å². The second-order valence-corrected chi connectivity index (χ2v) is 11.6. The van der Waals surface area contributed by atoms with Crippen LogP contribution in [0.3, 0.4) is 0 Å². The Kier molecular flexibility index (Phi) is 9.43. The summed E-state index contributed by atoms with van der Waals surface area (Å²) in [5.74, 6) is 0.520. The monoisotopic (exact) mass is 607 g/mol. The molecule has 1 aromatic heterocycles. The minimum Gasteiger partial charge on any atom is -0.392 e. The molecule has 5 aromatic rings. The molecule has 10 heteroatoms. The third kappa shape index (κ3) is 6.89. The fourth-order valence-electron chi connectivity index (χ4n) is 5.13. The number of rotatable bonds is 10. The minimum absolute atomic E-state index is 0.0133. The normalized spacial score (nSPS) is 19.9. The van der Waals surface area contributed by atoms with Crippen LogP contribution in [0.1, 0.15) is 51.9 Å². The van der Waals surface area contributed by atoms with E-state index in [0.29, 0.717) is 23.0 Å². The van der Waals surface area contributed by atoms with Crippen molar-refractivity contribution in [3.63, 3.8) is 0 Å². The molecule has 1 amide bonds. The Bertz CT molecular complexity index is 1650. The van der Waals surface area contributed by atoms with Crippen LogP contribution in [0.4, 0.5) is 0 Å². The maximum atomic E-state index is 12.5. The van der Waals surface area contributed by atoms with E-state index in [4.69, 9.17) is 9.47 Å². The molecule has 1 fully saturated rings.